The number of nitrogens with one attached hydrogen (secondary N) is 1. The molecule has 3 nitrogen and oxygen atoms in total. The Balaban J connectivity index is 2.20. The van der Waals surface area contributed by atoms with Crippen LogP contribution in [0.4, 0.5) is 0 Å². The number of aryl methyl sites for hydroxylation is 1. The topological polar surface area (TPSA) is 32.3 Å². The lowest BCUT2D eigenvalue weighted by atomic mass is 9.95. The molecular formula is C20H28N2O. The Hall–Kier alpha value is -1.87. The molecule has 1 N–H and O–H groups in total. The lowest BCUT2D eigenvalue weighted by Gasteiger charge is -2.38. The van der Waals surface area contributed by atoms with Crippen molar-refractivity contribution in [1.29, 1.82) is 0 Å². The first kappa shape index (κ1) is 17.5. The lowest BCUT2D eigenvalue weighted by molar-refractivity contribution is -0.138. The minimum absolute atomic E-state index is 0.0412. The van der Waals surface area contributed by atoms with Crippen LogP contribution in [0.5, 0.6) is 0 Å². The monoisotopic (exact) mass is 312 g/mol. The predicted octanol–water partition coefficient (Wildman–Crippen LogP) is 3.49. The fourth-order valence-electron chi connectivity index (χ4n) is 3.18. The molecule has 0 bridgehead atoms. The van der Waals surface area contributed by atoms with Gasteiger partial charge in [-0.1, -0.05) is 43.3 Å². The highest BCUT2D eigenvalue weighted by Crippen LogP contribution is 2.26. The van der Waals surface area contributed by atoms with Crippen molar-refractivity contribution in [3.63, 3.8) is 0 Å². The summed E-state index contributed by atoms with van der Waals surface area (Å²) in [6.45, 7) is 12.2. The smallest absolute Gasteiger partial charge is 0.226 e. The first-order valence-corrected chi connectivity index (χ1v) is 8.53. The molecule has 23 heavy (non-hydrogen) atoms. The average molecular weight is 312 g/mol. The van der Waals surface area contributed by atoms with E-state index < -0.39 is 0 Å². The average Bonchev–Trinajstić information content (AvgIpc) is 2.61. The Bertz CT molecular complexity index is 525. The van der Waals surface area contributed by atoms with Crippen molar-refractivity contribution in [3.8, 4) is 0 Å². The largest absolute Gasteiger partial charge is 0.333 e. The standard InChI is InChI=1S/C20H28N2O/c1-4-7-18(8-5-2)20(23)22-14-13-21-15-19(22)17-11-9-16(6-3)10-12-17/h4-5,9-12,18-19,21H,1-2,6-8,13-15H2,3H3. The summed E-state index contributed by atoms with van der Waals surface area (Å²) in [5.74, 6) is 0.177. The summed E-state index contributed by atoms with van der Waals surface area (Å²) in [5.41, 5.74) is 2.53. The van der Waals surface area contributed by atoms with Gasteiger partial charge in [0.15, 0.2) is 0 Å². The van der Waals surface area contributed by atoms with Crippen LogP contribution in [0.25, 0.3) is 0 Å². The van der Waals surface area contributed by atoms with Crippen LogP contribution in [0.1, 0.15) is 36.9 Å². The van der Waals surface area contributed by atoms with Gasteiger partial charge >= 0.3 is 0 Å². The SMILES string of the molecule is C=CCC(CC=C)C(=O)N1CCNCC1c1ccc(CC)cc1. The minimum Gasteiger partial charge on any atom is -0.333 e. The van der Waals surface area contributed by atoms with Crippen LogP contribution in [0.2, 0.25) is 0 Å². The third-order valence-electron chi connectivity index (χ3n) is 4.55. The van der Waals surface area contributed by atoms with E-state index in [9.17, 15) is 4.79 Å². The molecule has 3 heteroatoms. The summed E-state index contributed by atoms with van der Waals surface area (Å²) in [5, 5.41) is 3.42. The molecule has 1 fully saturated rings. The Morgan fingerprint density at radius 2 is 1.96 bits per heavy atom. The maximum Gasteiger partial charge on any atom is 0.226 e. The van der Waals surface area contributed by atoms with Gasteiger partial charge in [0.25, 0.3) is 0 Å². The Labute approximate surface area is 140 Å². The van der Waals surface area contributed by atoms with Crippen molar-refractivity contribution < 1.29 is 4.79 Å². The number of piperazine rings is 1. The molecule has 1 unspecified atom stereocenters. The maximum absolute atomic E-state index is 13.0. The van der Waals surface area contributed by atoms with Gasteiger partial charge in [0, 0.05) is 25.6 Å². The quantitative estimate of drug-likeness (QED) is 0.782. The van der Waals surface area contributed by atoms with Crippen molar-refractivity contribution >= 4 is 5.91 Å². The highest BCUT2D eigenvalue weighted by molar-refractivity contribution is 5.80. The zero-order chi connectivity index (χ0) is 16.7. The molecule has 1 atom stereocenters. The van der Waals surface area contributed by atoms with Gasteiger partial charge in [-0.05, 0) is 30.4 Å². The van der Waals surface area contributed by atoms with Crippen molar-refractivity contribution in [2.24, 2.45) is 5.92 Å². The maximum atomic E-state index is 13.0. The number of amides is 1. The Kier molecular flexibility index (Phi) is 6.60. The third kappa shape index (κ3) is 4.32. The van der Waals surface area contributed by atoms with E-state index in [2.05, 4.69) is 49.7 Å². The van der Waals surface area contributed by atoms with Crippen LogP contribution in [0.3, 0.4) is 0 Å². The van der Waals surface area contributed by atoms with Gasteiger partial charge in [0.05, 0.1) is 6.04 Å². The first-order chi connectivity index (χ1) is 11.2. The zero-order valence-electron chi connectivity index (χ0n) is 14.1. The van der Waals surface area contributed by atoms with Gasteiger partial charge in [0.2, 0.25) is 5.91 Å². The molecule has 0 radical (unpaired) electrons. The van der Waals surface area contributed by atoms with E-state index in [1.54, 1.807) is 0 Å². The van der Waals surface area contributed by atoms with E-state index in [1.165, 1.54) is 11.1 Å². The van der Waals surface area contributed by atoms with Crippen LogP contribution in [0, 0.1) is 5.92 Å². The number of nitrogens with zero attached hydrogens (tertiary/aromatic N) is 1. The molecule has 1 aliphatic heterocycles. The van der Waals surface area contributed by atoms with Gasteiger partial charge in [-0.25, -0.2) is 0 Å². The van der Waals surface area contributed by atoms with Crippen LogP contribution in [-0.4, -0.2) is 30.4 Å². The molecule has 1 saturated heterocycles. The third-order valence-corrected chi connectivity index (χ3v) is 4.55. The number of allylic oxidation sites excluding steroid dienone is 2. The lowest BCUT2D eigenvalue weighted by Crippen LogP contribution is -2.50. The molecule has 124 valence electrons. The number of carbonyl (C=O) groups is 1. The number of rotatable bonds is 7. The fraction of sp³-hybridized carbons (Fsp3) is 0.450. The van der Waals surface area contributed by atoms with Gasteiger partial charge in [0.1, 0.15) is 0 Å². The van der Waals surface area contributed by atoms with E-state index in [1.807, 2.05) is 17.1 Å². The van der Waals surface area contributed by atoms with Crippen molar-refractivity contribution in [2.45, 2.75) is 32.2 Å². The van der Waals surface area contributed by atoms with E-state index in [-0.39, 0.29) is 17.9 Å². The summed E-state index contributed by atoms with van der Waals surface area (Å²) in [6.07, 6.45) is 6.11. The van der Waals surface area contributed by atoms with Crippen LogP contribution in [-0.2, 0) is 11.2 Å². The minimum atomic E-state index is -0.0412. The van der Waals surface area contributed by atoms with E-state index in [4.69, 9.17) is 0 Å². The predicted molar refractivity (Wildman–Crippen MR) is 96.3 cm³/mol. The van der Waals surface area contributed by atoms with Crippen molar-refractivity contribution in [1.82, 2.24) is 10.2 Å². The van der Waals surface area contributed by atoms with Crippen LogP contribution >= 0.6 is 0 Å². The summed E-state index contributed by atoms with van der Waals surface area (Å²) in [7, 11) is 0. The highest BCUT2D eigenvalue weighted by Gasteiger charge is 2.31. The summed E-state index contributed by atoms with van der Waals surface area (Å²) < 4.78 is 0. The molecule has 0 saturated carbocycles. The van der Waals surface area contributed by atoms with Gasteiger partial charge < -0.3 is 10.2 Å². The molecule has 1 aromatic carbocycles. The second kappa shape index (κ2) is 8.68. The second-order valence-corrected chi connectivity index (χ2v) is 6.09. The van der Waals surface area contributed by atoms with Gasteiger partial charge in [-0.2, -0.15) is 0 Å². The van der Waals surface area contributed by atoms with E-state index in [0.717, 1.165) is 26.1 Å². The molecule has 1 aliphatic rings. The summed E-state index contributed by atoms with van der Waals surface area (Å²) in [4.78, 5) is 15.0. The number of benzene rings is 1. The van der Waals surface area contributed by atoms with Gasteiger partial charge in [-0.15, -0.1) is 13.2 Å². The zero-order valence-corrected chi connectivity index (χ0v) is 14.1. The number of hydrogen-bond donors (Lipinski definition) is 1. The summed E-state index contributed by atoms with van der Waals surface area (Å²) in [6, 6.07) is 8.76. The van der Waals surface area contributed by atoms with E-state index >= 15 is 0 Å². The molecule has 1 amide bonds. The number of carbonyl (C=O) groups excluding carboxylic acids is 1. The molecule has 2 rings (SSSR count). The molecular weight excluding hydrogens is 284 g/mol. The number of hydrogen-bond acceptors (Lipinski definition) is 2. The molecule has 1 heterocycles. The second-order valence-electron chi connectivity index (χ2n) is 6.09. The fourth-order valence-corrected chi connectivity index (χ4v) is 3.18. The Morgan fingerprint density at radius 3 is 2.52 bits per heavy atom. The summed E-state index contributed by atoms with van der Waals surface area (Å²) >= 11 is 0. The molecule has 0 aromatic heterocycles. The molecule has 0 aliphatic carbocycles. The molecule has 0 spiro atoms. The normalized spacial score (nSPS) is 18.0. The Morgan fingerprint density at radius 1 is 1.30 bits per heavy atom. The highest BCUT2D eigenvalue weighted by atomic mass is 16.2. The van der Waals surface area contributed by atoms with Crippen LogP contribution in [0.15, 0.2) is 49.6 Å². The van der Waals surface area contributed by atoms with Crippen LogP contribution < -0.4 is 5.32 Å². The van der Waals surface area contributed by atoms with Gasteiger partial charge in [-0.3, -0.25) is 4.79 Å². The van der Waals surface area contributed by atoms with Crippen molar-refractivity contribution in [3.05, 3.63) is 60.7 Å². The molecule has 1 aromatic rings. The van der Waals surface area contributed by atoms with Crippen molar-refractivity contribution in [2.75, 3.05) is 19.6 Å². The first-order valence-electron chi connectivity index (χ1n) is 8.53. The van der Waals surface area contributed by atoms with E-state index in [0.29, 0.717) is 12.8 Å².